The van der Waals surface area contributed by atoms with E-state index in [2.05, 4.69) is 33.9 Å². The van der Waals surface area contributed by atoms with Gasteiger partial charge < -0.3 is 4.43 Å². The Bertz CT molecular complexity index is 509. The molecule has 1 saturated carbocycles. The van der Waals surface area contributed by atoms with Crippen LogP contribution in [0.15, 0.2) is 23.8 Å². The monoisotopic (exact) mass is 306 g/mol. The normalized spacial score (nSPS) is 27.2. The average Bonchev–Trinajstić information content (AvgIpc) is 2.55. The van der Waals surface area contributed by atoms with Crippen LogP contribution in [0, 0.1) is 5.92 Å². The molecule has 0 spiro atoms. The van der Waals surface area contributed by atoms with E-state index >= 15 is 0 Å². The molecule has 2 aliphatic carbocycles. The Morgan fingerprint density at radius 2 is 1.86 bits per heavy atom. The average molecular weight is 306 g/mol. The molecule has 0 aromatic rings. The maximum Gasteiger partial charge on any atom is 0.192 e. The van der Waals surface area contributed by atoms with Gasteiger partial charge in [-0.15, -0.1) is 0 Å². The van der Waals surface area contributed by atoms with Crippen LogP contribution in [0.3, 0.4) is 0 Å². The molecule has 0 amide bonds. The number of carbonyl (C=O) groups is 2. The van der Waals surface area contributed by atoms with Gasteiger partial charge in [0.25, 0.3) is 0 Å². The van der Waals surface area contributed by atoms with E-state index in [9.17, 15) is 9.59 Å². The summed E-state index contributed by atoms with van der Waals surface area (Å²) >= 11 is 0. The third-order valence-corrected chi connectivity index (χ3v) is 9.51. The largest absolute Gasteiger partial charge is 0.414 e. The molecule has 0 radical (unpaired) electrons. The van der Waals surface area contributed by atoms with E-state index in [1.807, 2.05) is 0 Å². The molecular formula is C17H26O3Si. The topological polar surface area (TPSA) is 43.4 Å². The summed E-state index contributed by atoms with van der Waals surface area (Å²) in [6, 6.07) is 0. The Kier molecular flexibility index (Phi) is 4.40. The predicted molar refractivity (Wildman–Crippen MR) is 86.6 cm³/mol. The van der Waals surface area contributed by atoms with Crippen LogP contribution in [-0.2, 0) is 14.0 Å². The van der Waals surface area contributed by atoms with Crippen LogP contribution in [0.2, 0.25) is 18.1 Å². The fourth-order valence-corrected chi connectivity index (χ4v) is 4.01. The van der Waals surface area contributed by atoms with Gasteiger partial charge in [0, 0.05) is 24.0 Å². The van der Waals surface area contributed by atoms with Crippen LogP contribution >= 0.6 is 0 Å². The van der Waals surface area contributed by atoms with Crippen LogP contribution in [0.4, 0.5) is 0 Å². The van der Waals surface area contributed by atoms with Gasteiger partial charge >= 0.3 is 0 Å². The molecule has 0 N–H and O–H groups in total. The van der Waals surface area contributed by atoms with E-state index in [0.29, 0.717) is 12.0 Å². The van der Waals surface area contributed by atoms with E-state index < -0.39 is 8.32 Å². The van der Waals surface area contributed by atoms with Gasteiger partial charge in [0.1, 0.15) is 0 Å². The van der Waals surface area contributed by atoms with Crippen molar-refractivity contribution in [2.75, 3.05) is 0 Å². The minimum Gasteiger partial charge on any atom is -0.414 e. The first-order valence-electron chi connectivity index (χ1n) is 7.75. The number of rotatable bonds is 2. The second kappa shape index (κ2) is 5.65. The van der Waals surface area contributed by atoms with Crippen molar-refractivity contribution in [3.8, 4) is 0 Å². The quantitative estimate of drug-likeness (QED) is 0.729. The van der Waals surface area contributed by atoms with Gasteiger partial charge in [0.15, 0.2) is 19.9 Å². The lowest BCUT2D eigenvalue weighted by Gasteiger charge is -2.39. The molecule has 4 heteroatoms. The summed E-state index contributed by atoms with van der Waals surface area (Å²) in [5.74, 6) is -0.108. The van der Waals surface area contributed by atoms with Crippen molar-refractivity contribution in [3.05, 3.63) is 23.8 Å². The first kappa shape index (κ1) is 16.4. The molecule has 2 bridgehead atoms. The minimum atomic E-state index is -1.85. The Morgan fingerprint density at radius 1 is 1.19 bits per heavy atom. The van der Waals surface area contributed by atoms with Crippen LogP contribution in [0.1, 0.15) is 40.0 Å². The number of hydrogen-bond donors (Lipinski definition) is 0. The van der Waals surface area contributed by atoms with Crippen LogP contribution < -0.4 is 0 Å². The molecule has 2 atom stereocenters. The van der Waals surface area contributed by atoms with Crippen molar-refractivity contribution in [1.82, 2.24) is 0 Å². The van der Waals surface area contributed by atoms with Crippen LogP contribution in [0.5, 0.6) is 0 Å². The second-order valence-corrected chi connectivity index (χ2v) is 12.4. The van der Waals surface area contributed by atoms with Crippen molar-refractivity contribution in [2.45, 2.75) is 64.3 Å². The van der Waals surface area contributed by atoms with Gasteiger partial charge in [-0.05, 0) is 43.1 Å². The lowest BCUT2D eigenvalue weighted by atomic mass is 9.97. The zero-order valence-electron chi connectivity index (χ0n) is 13.7. The standard InChI is InChI=1S/C17H26O3Si/c1-17(2,3)21(4,5)20-15-9-7-12-6-8-14(18)10-13(11-15)16(12)19/h6,8,10,12,15H,7,9,11H2,1-5H3/t12-,15+/m1/s1. The van der Waals surface area contributed by atoms with E-state index in [0.717, 1.165) is 12.8 Å². The summed E-state index contributed by atoms with van der Waals surface area (Å²) in [5, 5.41) is 0.152. The molecule has 0 aromatic heterocycles. The Balaban J connectivity index is 2.19. The Labute approximate surface area is 128 Å². The van der Waals surface area contributed by atoms with Crippen molar-refractivity contribution in [3.63, 3.8) is 0 Å². The molecular weight excluding hydrogens is 280 g/mol. The van der Waals surface area contributed by atoms with Gasteiger partial charge in [-0.3, -0.25) is 9.59 Å². The molecule has 0 aliphatic heterocycles. The Morgan fingerprint density at radius 3 is 2.48 bits per heavy atom. The van der Waals surface area contributed by atoms with Gasteiger partial charge in [-0.2, -0.15) is 0 Å². The van der Waals surface area contributed by atoms with Gasteiger partial charge in [-0.25, -0.2) is 0 Å². The molecule has 2 aliphatic rings. The summed E-state index contributed by atoms with van der Waals surface area (Å²) in [4.78, 5) is 24.1. The van der Waals surface area contributed by atoms with Gasteiger partial charge in [0.2, 0.25) is 0 Å². The number of allylic oxidation sites excluding steroid dienone is 3. The fraction of sp³-hybridized carbons (Fsp3) is 0.647. The maximum absolute atomic E-state index is 12.4. The van der Waals surface area contributed by atoms with Crippen molar-refractivity contribution >= 4 is 19.9 Å². The molecule has 0 saturated heterocycles. The lowest BCUT2D eigenvalue weighted by molar-refractivity contribution is -0.118. The number of ketones is 2. The molecule has 21 heavy (non-hydrogen) atoms. The maximum atomic E-state index is 12.4. The molecule has 1 fully saturated rings. The van der Waals surface area contributed by atoms with Crippen molar-refractivity contribution in [2.24, 2.45) is 5.92 Å². The van der Waals surface area contributed by atoms with Crippen molar-refractivity contribution in [1.29, 1.82) is 0 Å². The summed E-state index contributed by atoms with van der Waals surface area (Å²) in [7, 11) is -1.85. The minimum absolute atomic E-state index is 0.0605. The Hall–Kier alpha value is -1.00. The SMILES string of the molecule is CC(C)(C)[Si](C)(C)O[C@H]1CC[C@H]2C=CC(=O)C=C(C1)C2=O. The van der Waals surface area contributed by atoms with Crippen LogP contribution in [0.25, 0.3) is 0 Å². The number of hydrogen-bond acceptors (Lipinski definition) is 3. The number of Topliss-reactive ketones (excluding diaryl/α,β-unsaturated/α-hetero) is 1. The highest BCUT2D eigenvalue weighted by molar-refractivity contribution is 6.74. The molecule has 3 nitrogen and oxygen atoms in total. The predicted octanol–water partition coefficient (Wildman–Crippen LogP) is 3.81. The van der Waals surface area contributed by atoms with Gasteiger partial charge in [0.05, 0.1) is 0 Å². The summed E-state index contributed by atoms with van der Waals surface area (Å²) in [6.07, 6.45) is 7.11. The molecule has 116 valence electrons. The molecule has 2 rings (SSSR count). The van der Waals surface area contributed by atoms with Gasteiger partial charge in [-0.1, -0.05) is 26.8 Å². The molecule has 0 aromatic carbocycles. The number of fused-ring (bicyclic) bond motifs is 2. The zero-order valence-corrected chi connectivity index (χ0v) is 14.7. The molecule has 0 heterocycles. The summed E-state index contributed by atoms with van der Waals surface area (Å²) < 4.78 is 6.47. The summed E-state index contributed by atoms with van der Waals surface area (Å²) in [5.41, 5.74) is 0.649. The first-order chi connectivity index (χ1) is 9.60. The fourth-order valence-electron chi connectivity index (χ4n) is 2.62. The second-order valence-electron chi connectivity index (χ2n) is 7.68. The highest BCUT2D eigenvalue weighted by Crippen LogP contribution is 2.39. The molecule has 0 unspecified atom stereocenters. The lowest BCUT2D eigenvalue weighted by Crippen LogP contribution is -2.44. The number of carbonyl (C=O) groups excluding carboxylic acids is 2. The zero-order chi connectivity index (χ0) is 15.8. The van der Waals surface area contributed by atoms with E-state index in [-0.39, 0.29) is 28.6 Å². The highest BCUT2D eigenvalue weighted by Gasteiger charge is 2.40. The van der Waals surface area contributed by atoms with E-state index in [4.69, 9.17) is 4.43 Å². The van der Waals surface area contributed by atoms with E-state index in [1.165, 1.54) is 12.2 Å². The highest BCUT2D eigenvalue weighted by atomic mass is 28.4. The smallest absolute Gasteiger partial charge is 0.192 e. The van der Waals surface area contributed by atoms with E-state index in [1.54, 1.807) is 6.08 Å². The van der Waals surface area contributed by atoms with Crippen molar-refractivity contribution < 1.29 is 14.0 Å². The third-order valence-electron chi connectivity index (χ3n) is 4.98. The first-order valence-corrected chi connectivity index (χ1v) is 10.7. The summed E-state index contributed by atoms with van der Waals surface area (Å²) in [6.45, 7) is 11.1. The third kappa shape index (κ3) is 3.61. The van der Waals surface area contributed by atoms with Crippen LogP contribution in [-0.4, -0.2) is 26.0 Å².